The number of imidazole rings is 1. The minimum atomic E-state index is -0.314. The number of aromatic nitrogens is 7. The summed E-state index contributed by atoms with van der Waals surface area (Å²) in [6, 6.07) is 10.7. The van der Waals surface area contributed by atoms with Crippen LogP contribution in [0.3, 0.4) is 0 Å². The standard InChI is InChI=1S/C26H23ClFN9S/c27-21-19(6-9-30-24(21)37-10-3-8-32-37)38-20-12-31-22-23(33-20)35-25(34-22)36-11-7-15-17(13-36)26(15,14-29)16-4-1-2-5-18(16)28/h1-6,8-10,12,15,17H,7,11,13-14,29H2,(H,31,33,34,35)/t15-,17?,26-/m1/s1. The van der Waals surface area contributed by atoms with Crippen LogP contribution >= 0.6 is 23.4 Å². The molecule has 1 aliphatic carbocycles. The van der Waals surface area contributed by atoms with Gasteiger partial charge in [-0.15, -0.1) is 0 Å². The number of rotatable bonds is 6. The highest BCUT2D eigenvalue weighted by Gasteiger charge is 2.66. The molecule has 2 aliphatic rings. The second-order valence-electron chi connectivity index (χ2n) is 9.61. The first-order valence-corrected chi connectivity index (χ1v) is 13.5. The number of nitrogens with two attached hydrogens (primary N) is 1. The molecule has 1 aliphatic heterocycles. The summed E-state index contributed by atoms with van der Waals surface area (Å²) in [5, 5.41) is 5.38. The summed E-state index contributed by atoms with van der Waals surface area (Å²) in [6.45, 7) is 1.99. The third-order valence-electron chi connectivity index (χ3n) is 7.78. The number of fused-ring (bicyclic) bond motifs is 2. The van der Waals surface area contributed by atoms with Gasteiger partial charge in [0.1, 0.15) is 10.8 Å². The molecule has 2 fully saturated rings. The lowest BCUT2D eigenvalue weighted by atomic mass is 9.91. The molecule has 1 saturated carbocycles. The summed E-state index contributed by atoms with van der Waals surface area (Å²) in [4.78, 5) is 24.6. The Morgan fingerprint density at radius 2 is 2.03 bits per heavy atom. The van der Waals surface area contributed by atoms with E-state index in [9.17, 15) is 4.39 Å². The van der Waals surface area contributed by atoms with Gasteiger partial charge in [-0.05, 0) is 42.0 Å². The second-order valence-corrected chi connectivity index (χ2v) is 11.1. The molecule has 7 rings (SSSR count). The van der Waals surface area contributed by atoms with Gasteiger partial charge < -0.3 is 15.6 Å². The van der Waals surface area contributed by atoms with Gasteiger partial charge in [0.25, 0.3) is 0 Å². The number of anilines is 1. The van der Waals surface area contributed by atoms with Gasteiger partial charge in [0.2, 0.25) is 5.95 Å². The number of nitrogens with zero attached hydrogens (tertiary/aromatic N) is 7. The molecule has 5 heterocycles. The monoisotopic (exact) mass is 547 g/mol. The third-order valence-corrected chi connectivity index (χ3v) is 9.23. The van der Waals surface area contributed by atoms with Crippen LogP contribution in [-0.2, 0) is 5.41 Å². The zero-order chi connectivity index (χ0) is 25.9. The lowest BCUT2D eigenvalue weighted by Gasteiger charge is -2.25. The van der Waals surface area contributed by atoms with Crippen LogP contribution in [0, 0.1) is 17.7 Å². The minimum Gasteiger partial charge on any atom is -0.342 e. The molecular formula is C26H23ClFN9S. The number of aromatic amines is 1. The quantitative estimate of drug-likeness (QED) is 0.324. The maximum absolute atomic E-state index is 14.7. The molecule has 4 aromatic heterocycles. The predicted octanol–water partition coefficient (Wildman–Crippen LogP) is 4.23. The molecule has 1 unspecified atom stereocenters. The van der Waals surface area contributed by atoms with E-state index in [1.807, 2.05) is 24.3 Å². The van der Waals surface area contributed by atoms with Crippen molar-refractivity contribution in [3.8, 4) is 5.82 Å². The van der Waals surface area contributed by atoms with Crippen LogP contribution in [0.25, 0.3) is 17.1 Å². The number of H-pyrrole nitrogens is 1. The lowest BCUT2D eigenvalue weighted by molar-refractivity contribution is 0.533. The Balaban J connectivity index is 1.12. The zero-order valence-electron chi connectivity index (χ0n) is 20.1. The smallest absolute Gasteiger partial charge is 0.206 e. The van der Waals surface area contributed by atoms with E-state index in [4.69, 9.17) is 27.3 Å². The Kier molecular flexibility index (Phi) is 5.60. The highest BCUT2D eigenvalue weighted by molar-refractivity contribution is 7.99. The number of benzene rings is 1. The molecule has 0 spiro atoms. The first-order valence-electron chi connectivity index (χ1n) is 12.3. The van der Waals surface area contributed by atoms with Gasteiger partial charge in [0.15, 0.2) is 17.1 Å². The largest absolute Gasteiger partial charge is 0.342 e. The molecule has 9 nitrogen and oxygen atoms in total. The highest BCUT2D eigenvalue weighted by Crippen LogP contribution is 2.63. The van der Waals surface area contributed by atoms with Gasteiger partial charge >= 0.3 is 0 Å². The predicted molar refractivity (Wildman–Crippen MR) is 143 cm³/mol. The molecular weight excluding hydrogens is 525 g/mol. The molecule has 3 atom stereocenters. The van der Waals surface area contributed by atoms with Gasteiger partial charge in [-0.3, -0.25) is 0 Å². The van der Waals surface area contributed by atoms with Gasteiger partial charge in [-0.2, -0.15) is 10.1 Å². The lowest BCUT2D eigenvalue weighted by Crippen LogP contribution is -2.32. The highest BCUT2D eigenvalue weighted by atomic mass is 35.5. The zero-order valence-corrected chi connectivity index (χ0v) is 21.7. The molecule has 1 aromatic carbocycles. The summed E-state index contributed by atoms with van der Waals surface area (Å²) in [6.07, 6.45) is 7.77. The number of nitrogens with one attached hydrogen (secondary N) is 1. The molecule has 5 aromatic rings. The van der Waals surface area contributed by atoms with E-state index in [-0.39, 0.29) is 17.2 Å². The summed E-state index contributed by atoms with van der Waals surface area (Å²) >= 11 is 8.03. The van der Waals surface area contributed by atoms with Gasteiger partial charge in [-0.1, -0.05) is 41.6 Å². The van der Waals surface area contributed by atoms with Crippen LogP contribution in [0.1, 0.15) is 12.0 Å². The third kappa shape index (κ3) is 3.68. The van der Waals surface area contributed by atoms with Crippen molar-refractivity contribution >= 4 is 40.6 Å². The molecule has 12 heteroatoms. The Morgan fingerprint density at radius 3 is 2.84 bits per heavy atom. The average Bonchev–Trinajstić information content (AvgIpc) is 3.27. The fourth-order valence-corrected chi connectivity index (χ4v) is 7.04. The Morgan fingerprint density at radius 1 is 1.13 bits per heavy atom. The number of hydrogen-bond acceptors (Lipinski definition) is 8. The van der Waals surface area contributed by atoms with Crippen LogP contribution in [0.4, 0.5) is 10.3 Å². The molecule has 192 valence electrons. The average molecular weight is 548 g/mol. The summed E-state index contributed by atoms with van der Waals surface area (Å²) in [5.41, 5.74) is 7.81. The van der Waals surface area contributed by atoms with Crippen LogP contribution < -0.4 is 10.6 Å². The van der Waals surface area contributed by atoms with Crippen molar-refractivity contribution in [1.82, 2.24) is 34.7 Å². The molecule has 0 bridgehead atoms. The summed E-state index contributed by atoms with van der Waals surface area (Å²) in [5.74, 6) is 1.74. The van der Waals surface area contributed by atoms with Crippen molar-refractivity contribution in [1.29, 1.82) is 0 Å². The normalized spacial score (nSPS) is 22.6. The van der Waals surface area contributed by atoms with E-state index < -0.39 is 0 Å². The van der Waals surface area contributed by atoms with Gasteiger partial charge in [-0.25, -0.2) is 24.0 Å². The van der Waals surface area contributed by atoms with E-state index in [0.717, 1.165) is 35.9 Å². The van der Waals surface area contributed by atoms with E-state index in [1.165, 1.54) is 17.8 Å². The second kappa shape index (κ2) is 9.04. The molecule has 0 radical (unpaired) electrons. The van der Waals surface area contributed by atoms with Crippen molar-refractivity contribution in [3.63, 3.8) is 0 Å². The fraction of sp³-hybridized carbons (Fsp3) is 0.269. The first kappa shape index (κ1) is 23.6. The Bertz CT molecular complexity index is 1640. The van der Waals surface area contributed by atoms with E-state index in [0.29, 0.717) is 39.6 Å². The molecule has 38 heavy (non-hydrogen) atoms. The summed E-state index contributed by atoms with van der Waals surface area (Å²) < 4.78 is 16.3. The van der Waals surface area contributed by atoms with Gasteiger partial charge in [0.05, 0.1) is 11.2 Å². The summed E-state index contributed by atoms with van der Waals surface area (Å²) in [7, 11) is 0. The first-order chi connectivity index (χ1) is 18.6. The van der Waals surface area contributed by atoms with E-state index >= 15 is 0 Å². The number of piperidine rings is 1. The number of hydrogen-bond donors (Lipinski definition) is 2. The SMILES string of the molecule is NC[C@@]1(c2ccccc2F)C2CN(c3nc4ncc(Sc5ccnc(-n6cccn6)c5Cl)nc4[nH]3)CC[C@H]21. The van der Waals surface area contributed by atoms with Crippen LogP contribution in [-0.4, -0.2) is 54.3 Å². The molecule has 0 amide bonds. The van der Waals surface area contributed by atoms with Gasteiger partial charge in [0, 0.05) is 48.5 Å². The van der Waals surface area contributed by atoms with E-state index in [2.05, 4.69) is 25.0 Å². The number of halogens is 2. The van der Waals surface area contributed by atoms with Crippen molar-refractivity contribution in [3.05, 3.63) is 77.6 Å². The Hall–Kier alpha value is -3.54. The maximum atomic E-state index is 14.7. The minimum absolute atomic E-state index is 0.174. The topological polar surface area (TPSA) is 114 Å². The van der Waals surface area contributed by atoms with Crippen molar-refractivity contribution in [2.75, 3.05) is 24.5 Å². The molecule has 1 saturated heterocycles. The fourth-order valence-electron chi connectivity index (χ4n) is 5.95. The van der Waals surface area contributed by atoms with Crippen LogP contribution in [0.2, 0.25) is 5.02 Å². The number of pyridine rings is 1. The molecule has 3 N–H and O–H groups in total. The van der Waals surface area contributed by atoms with Crippen LogP contribution in [0.5, 0.6) is 0 Å². The van der Waals surface area contributed by atoms with E-state index in [1.54, 1.807) is 35.5 Å². The van der Waals surface area contributed by atoms with Crippen LogP contribution in [0.15, 0.2) is 71.1 Å². The van der Waals surface area contributed by atoms with Crippen molar-refractivity contribution in [2.45, 2.75) is 21.8 Å². The van der Waals surface area contributed by atoms with Crippen molar-refractivity contribution in [2.24, 2.45) is 17.6 Å². The Labute approximate surface area is 226 Å². The maximum Gasteiger partial charge on any atom is 0.206 e. The van der Waals surface area contributed by atoms with Crippen molar-refractivity contribution < 1.29 is 4.39 Å².